The summed E-state index contributed by atoms with van der Waals surface area (Å²) in [6, 6.07) is 18.4. The van der Waals surface area contributed by atoms with Crippen molar-refractivity contribution in [2.24, 2.45) is 0 Å². The molecular weight excluding hydrogens is 521 g/mol. The van der Waals surface area contributed by atoms with Gasteiger partial charge in [0, 0.05) is 11.3 Å². The highest BCUT2D eigenvalue weighted by Crippen LogP contribution is 2.44. The van der Waals surface area contributed by atoms with Crippen molar-refractivity contribution in [3.8, 4) is 0 Å². The van der Waals surface area contributed by atoms with Crippen molar-refractivity contribution in [1.29, 1.82) is 0 Å². The summed E-state index contributed by atoms with van der Waals surface area (Å²) < 4.78 is 13.8. The predicted molar refractivity (Wildman–Crippen MR) is 148 cm³/mol. The number of rotatable bonds is 6. The Bertz CT molecular complexity index is 1560. The van der Waals surface area contributed by atoms with Crippen LogP contribution >= 0.6 is 23.1 Å². The molecule has 9 heteroatoms. The van der Waals surface area contributed by atoms with E-state index in [0.29, 0.717) is 21.2 Å². The Labute approximate surface area is 227 Å². The molecule has 5 rings (SSSR count). The van der Waals surface area contributed by atoms with Crippen LogP contribution in [-0.4, -0.2) is 27.0 Å². The molecule has 1 amide bonds. The molecule has 1 N–H and O–H groups in total. The molecule has 192 valence electrons. The maximum absolute atomic E-state index is 13.4. The van der Waals surface area contributed by atoms with E-state index in [1.54, 1.807) is 18.2 Å². The smallest absolute Gasteiger partial charge is 0.301 e. The van der Waals surface area contributed by atoms with Crippen molar-refractivity contribution >= 4 is 45.7 Å². The molecule has 1 unspecified atom stereocenters. The standard InChI is InChI=1S/C29H24FN3O3S2/c1-16-5-10-20(11-6-16)24-23(25(34)22-14-17(2)4-7-18(22)3)26(35)27(36)33(24)28-31-32-29(38-28)37-15-19-8-12-21(30)13-9-19/h4-14,24,34H,15H2,1-3H3. The largest absolute Gasteiger partial charge is 0.507 e. The van der Waals surface area contributed by atoms with E-state index in [1.807, 2.05) is 57.2 Å². The Morgan fingerprint density at radius 2 is 1.66 bits per heavy atom. The number of aryl methyl sites for hydroxylation is 3. The Balaban J connectivity index is 1.55. The number of hydrogen-bond acceptors (Lipinski definition) is 7. The van der Waals surface area contributed by atoms with Gasteiger partial charge in [-0.2, -0.15) is 0 Å². The fourth-order valence-electron chi connectivity index (χ4n) is 4.31. The van der Waals surface area contributed by atoms with Crippen molar-refractivity contribution in [1.82, 2.24) is 10.2 Å². The zero-order valence-corrected chi connectivity index (χ0v) is 22.6. The van der Waals surface area contributed by atoms with Crippen LogP contribution in [0.3, 0.4) is 0 Å². The van der Waals surface area contributed by atoms with Crippen LogP contribution in [0.4, 0.5) is 9.52 Å². The molecule has 1 fully saturated rings. The monoisotopic (exact) mass is 545 g/mol. The average molecular weight is 546 g/mol. The lowest BCUT2D eigenvalue weighted by Gasteiger charge is -2.23. The second kappa shape index (κ2) is 10.5. The zero-order chi connectivity index (χ0) is 27.0. The Hall–Kier alpha value is -3.82. The molecule has 0 bridgehead atoms. The normalized spacial score (nSPS) is 16.8. The zero-order valence-electron chi connectivity index (χ0n) is 20.9. The second-order valence-electron chi connectivity index (χ2n) is 9.16. The van der Waals surface area contributed by atoms with Gasteiger partial charge in [-0.1, -0.05) is 82.8 Å². The van der Waals surface area contributed by atoms with Crippen molar-refractivity contribution in [2.45, 2.75) is 36.9 Å². The quantitative estimate of drug-likeness (QED) is 0.0976. The van der Waals surface area contributed by atoms with Gasteiger partial charge in [-0.05, 0) is 55.7 Å². The van der Waals surface area contributed by atoms with E-state index in [4.69, 9.17) is 0 Å². The van der Waals surface area contributed by atoms with Crippen LogP contribution in [0.15, 0.2) is 76.6 Å². The van der Waals surface area contributed by atoms with Crippen LogP contribution in [-0.2, 0) is 15.3 Å². The molecule has 4 aromatic rings. The molecule has 38 heavy (non-hydrogen) atoms. The summed E-state index contributed by atoms with van der Waals surface area (Å²) in [5.74, 6) is -1.52. The number of thioether (sulfide) groups is 1. The number of carbonyl (C=O) groups is 2. The van der Waals surface area contributed by atoms with Crippen molar-refractivity contribution in [3.63, 3.8) is 0 Å². The highest BCUT2D eigenvalue weighted by Gasteiger charge is 2.48. The lowest BCUT2D eigenvalue weighted by molar-refractivity contribution is -0.132. The van der Waals surface area contributed by atoms with Gasteiger partial charge in [0.2, 0.25) is 5.13 Å². The van der Waals surface area contributed by atoms with Gasteiger partial charge in [0.05, 0.1) is 11.6 Å². The number of carbonyl (C=O) groups excluding carboxylic acids is 2. The van der Waals surface area contributed by atoms with Gasteiger partial charge in [-0.15, -0.1) is 10.2 Å². The molecule has 1 aliphatic heterocycles. The van der Waals surface area contributed by atoms with Crippen LogP contribution in [0.2, 0.25) is 0 Å². The van der Waals surface area contributed by atoms with Crippen LogP contribution < -0.4 is 4.90 Å². The van der Waals surface area contributed by atoms with Crippen LogP contribution in [0.25, 0.3) is 5.76 Å². The van der Waals surface area contributed by atoms with Gasteiger partial charge in [-0.25, -0.2) is 4.39 Å². The number of Topliss-reactive ketones (excluding diaryl/α,β-unsaturated/α-hetero) is 1. The van der Waals surface area contributed by atoms with Crippen molar-refractivity contribution in [2.75, 3.05) is 4.90 Å². The number of aliphatic hydroxyl groups excluding tert-OH is 1. The number of amides is 1. The number of aromatic nitrogens is 2. The Morgan fingerprint density at radius 1 is 0.974 bits per heavy atom. The summed E-state index contributed by atoms with van der Waals surface area (Å²) in [6.07, 6.45) is 0. The van der Waals surface area contributed by atoms with E-state index in [1.165, 1.54) is 40.1 Å². The Morgan fingerprint density at radius 3 is 2.37 bits per heavy atom. The molecule has 0 spiro atoms. The molecule has 1 aliphatic rings. The van der Waals surface area contributed by atoms with Gasteiger partial charge in [0.15, 0.2) is 4.34 Å². The fourth-order valence-corrected chi connectivity index (χ4v) is 6.14. The number of anilines is 1. The average Bonchev–Trinajstić information content (AvgIpc) is 3.47. The first-order valence-corrected chi connectivity index (χ1v) is 13.7. The molecular formula is C29H24FN3O3S2. The summed E-state index contributed by atoms with van der Waals surface area (Å²) in [5.41, 5.74) is 4.86. The van der Waals surface area contributed by atoms with Gasteiger partial charge < -0.3 is 5.11 Å². The lowest BCUT2D eigenvalue weighted by atomic mass is 9.93. The second-order valence-corrected chi connectivity index (χ2v) is 11.3. The lowest BCUT2D eigenvalue weighted by Crippen LogP contribution is -2.29. The van der Waals surface area contributed by atoms with E-state index in [0.717, 1.165) is 22.3 Å². The highest BCUT2D eigenvalue weighted by atomic mass is 32.2. The number of halogens is 1. The Kier molecular flexibility index (Phi) is 7.14. The van der Waals surface area contributed by atoms with E-state index in [2.05, 4.69) is 10.2 Å². The molecule has 1 saturated heterocycles. The molecule has 1 atom stereocenters. The minimum absolute atomic E-state index is 0.0169. The van der Waals surface area contributed by atoms with Crippen LogP contribution in [0.1, 0.15) is 39.4 Å². The predicted octanol–water partition coefficient (Wildman–Crippen LogP) is 6.52. The van der Waals surface area contributed by atoms with E-state index in [9.17, 15) is 19.1 Å². The third kappa shape index (κ3) is 4.99. The first-order chi connectivity index (χ1) is 18.2. The summed E-state index contributed by atoms with van der Waals surface area (Å²) in [7, 11) is 0. The number of benzene rings is 3. The van der Waals surface area contributed by atoms with Gasteiger partial charge in [0.25, 0.3) is 5.78 Å². The van der Waals surface area contributed by atoms with Crippen molar-refractivity contribution in [3.05, 3.63) is 112 Å². The molecule has 1 aromatic heterocycles. The molecule has 6 nitrogen and oxygen atoms in total. The third-order valence-corrected chi connectivity index (χ3v) is 8.49. The molecule has 0 aliphatic carbocycles. The summed E-state index contributed by atoms with van der Waals surface area (Å²) >= 11 is 2.60. The number of hydrogen-bond donors (Lipinski definition) is 1. The maximum atomic E-state index is 13.4. The van der Waals surface area contributed by atoms with E-state index in [-0.39, 0.29) is 22.3 Å². The summed E-state index contributed by atoms with van der Waals surface area (Å²) in [5, 5.41) is 20.1. The third-order valence-electron chi connectivity index (χ3n) is 6.36. The highest BCUT2D eigenvalue weighted by molar-refractivity contribution is 8.00. The van der Waals surface area contributed by atoms with E-state index >= 15 is 0 Å². The first-order valence-electron chi connectivity index (χ1n) is 11.9. The SMILES string of the molecule is Cc1ccc(C2C(=C(O)c3cc(C)ccc3C)C(=O)C(=O)N2c2nnc(SCc3ccc(F)cc3)s2)cc1. The van der Waals surface area contributed by atoms with Crippen LogP contribution in [0.5, 0.6) is 0 Å². The molecule has 2 heterocycles. The molecule has 3 aromatic carbocycles. The summed E-state index contributed by atoms with van der Waals surface area (Å²) in [6.45, 7) is 5.70. The minimum Gasteiger partial charge on any atom is -0.507 e. The van der Waals surface area contributed by atoms with Gasteiger partial charge in [-0.3, -0.25) is 14.5 Å². The van der Waals surface area contributed by atoms with E-state index < -0.39 is 17.7 Å². The fraction of sp³-hybridized carbons (Fsp3) is 0.172. The molecule has 0 saturated carbocycles. The van der Waals surface area contributed by atoms with Gasteiger partial charge >= 0.3 is 5.91 Å². The summed E-state index contributed by atoms with van der Waals surface area (Å²) in [4.78, 5) is 28.1. The van der Waals surface area contributed by atoms with Gasteiger partial charge in [0.1, 0.15) is 11.6 Å². The molecule has 0 radical (unpaired) electrons. The first kappa shape index (κ1) is 25.8. The minimum atomic E-state index is -0.863. The maximum Gasteiger partial charge on any atom is 0.301 e. The number of nitrogens with zero attached hydrogens (tertiary/aromatic N) is 3. The topological polar surface area (TPSA) is 83.4 Å². The van der Waals surface area contributed by atoms with Crippen LogP contribution in [0, 0.1) is 26.6 Å². The number of aliphatic hydroxyl groups is 1. The number of ketones is 1. The van der Waals surface area contributed by atoms with Crippen molar-refractivity contribution < 1.29 is 19.1 Å².